The van der Waals surface area contributed by atoms with E-state index in [1.54, 1.807) is 60.6 Å². The highest BCUT2D eigenvalue weighted by Gasteiger charge is 2.49. The van der Waals surface area contributed by atoms with E-state index in [1.807, 2.05) is 52.1 Å². The Morgan fingerprint density at radius 1 is 0.790 bits per heavy atom. The van der Waals surface area contributed by atoms with Gasteiger partial charge in [-0.15, -0.1) is 23.1 Å². The lowest BCUT2D eigenvalue weighted by molar-refractivity contribution is -0.139. The van der Waals surface area contributed by atoms with Crippen molar-refractivity contribution >= 4 is 101 Å². The Hall–Kier alpha value is -7.37. The number of benzene rings is 5. The van der Waals surface area contributed by atoms with Crippen molar-refractivity contribution in [3.8, 4) is 5.75 Å². The van der Waals surface area contributed by atoms with E-state index in [-0.39, 0.29) is 70.9 Å². The largest absolute Gasteiger partial charge is 0.501 e. The first-order chi connectivity index (χ1) is 50.2. The maximum Gasteiger partial charge on any atom is 0.501 e. The van der Waals surface area contributed by atoms with Gasteiger partial charge in [0.05, 0.1) is 29.3 Å². The van der Waals surface area contributed by atoms with Gasteiger partial charge in [0.25, 0.3) is 25.8 Å². The van der Waals surface area contributed by atoms with Crippen LogP contribution in [0.5, 0.6) is 5.75 Å². The number of likely N-dealkylation sites (tertiary alicyclic amines) is 1. The number of thiazole rings is 1. The van der Waals surface area contributed by atoms with Gasteiger partial charge in [-0.25, -0.2) is 26.5 Å². The smallest absolute Gasteiger partial charge is 0.494 e. The Kier molecular flexibility index (Phi) is 26.3. The number of nitrogens with zero attached hydrogens (tertiary/aromatic N) is 6. The minimum Gasteiger partial charge on any atom is -0.494 e. The first-order valence-corrected chi connectivity index (χ1v) is 41.5. The number of anilines is 2. The molecule has 4 N–H and O–H groups in total. The van der Waals surface area contributed by atoms with E-state index in [0.717, 1.165) is 100 Å². The molecule has 2 aliphatic carbocycles. The predicted molar refractivity (Wildman–Crippen MR) is 405 cm³/mol. The number of sulfone groups is 1. The van der Waals surface area contributed by atoms with E-state index in [2.05, 4.69) is 56.6 Å². The topological polar surface area (TPSA) is 240 Å². The third kappa shape index (κ3) is 20.3. The van der Waals surface area contributed by atoms with Gasteiger partial charge in [0.15, 0.2) is 0 Å². The molecule has 20 nitrogen and oxygen atoms in total. The van der Waals surface area contributed by atoms with Crippen molar-refractivity contribution in [1.29, 1.82) is 0 Å². The number of thioether (sulfide) groups is 1. The van der Waals surface area contributed by atoms with Gasteiger partial charge < -0.3 is 35.4 Å². The van der Waals surface area contributed by atoms with Crippen LogP contribution in [0, 0.1) is 11.3 Å². The molecule has 5 aliphatic rings. The van der Waals surface area contributed by atoms with Crippen molar-refractivity contribution in [3.05, 3.63) is 165 Å². The molecule has 0 radical (unpaired) electrons. The van der Waals surface area contributed by atoms with Crippen molar-refractivity contribution < 1.29 is 58.7 Å². The van der Waals surface area contributed by atoms with E-state index in [0.29, 0.717) is 99.0 Å². The number of likely N-dealkylation sites (N-methyl/N-ethyl adjacent to an activating group) is 1. The number of nitrogens with one attached hydrogen (secondary N) is 4. The van der Waals surface area contributed by atoms with Gasteiger partial charge in [-0.05, 0) is 173 Å². The SMILES string of the molecule is CN[C@@H](C)C(=O)N[C@@H](C(=O)N1CCC[C@H]1c1nc(C(=O)c2cccc(OCCCC(=O)N3CCN(CC[C@H](CSc4ccccc4)Nc4ccc(S(=O)(=O)NC(=O)c5ccc(N6CCN(CC7=C(c8ccc(Cl)cc8)CCC(C)(C)C7)CC6)cc5)cc4S(=O)(=O)C(F)(F)F)CC3)c2)cs1)C1CCCCC1. The molecule has 0 bridgehead atoms. The number of rotatable bonds is 29. The van der Waals surface area contributed by atoms with Crippen LogP contribution in [0.1, 0.15) is 147 Å². The third-order valence-corrected chi connectivity index (χ3v) is 26.0. The van der Waals surface area contributed by atoms with Gasteiger partial charge >= 0.3 is 5.51 Å². The summed E-state index contributed by atoms with van der Waals surface area (Å²) in [6.07, 6.45) is 10.3. The van der Waals surface area contributed by atoms with E-state index >= 15 is 0 Å². The predicted octanol–water partition coefficient (Wildman–Crippen LogP) is 12.5. The summed E-state index contributed by atoms with van der Waals surface area (Å²) >= 11 is 8.97. The number of sulfonamides is 1. The molecule has 3 aliphatic heterocycles. The number of amides is 4. The molecule has 5 aromatic carbocycles. The molecular formula is C77H94ClF3N10O10S4. The lowest BCUT2D eigenvalue weighted by Crippen LogP contribution is -2.55. The molecule has 11 rings (SSSR count). The fraction of sp³-hybridized carbons (Fsp3) is 0.481. The van der Waals surface area contributed by atoms with Crippen molar-refractivity contribution in [2.75, 3.05) is 102 Å². The number of ether oxygens (including phenoxy) is 1. The summed E-state index contributed by atoms with van der Waals surface area (Å²) in [5.74, 6) is -0.999. The second kappa shape index (κ2) is 35.1. The van der Waals surface area contributed by atoms with Gasteiger partial charge in [0, 0.05) is 122 Å². The van der Waals surface area contributed by atoms with Crippen LogP contribution in [0.15, 0.2) is 147 Å². The molecule has 4 heterocycles. The van der Waals surface area contributed by atoms with E-state index in [9.17, 15) is 54.0 Å². The number of hydrogen-bond acceptors (Lipinski definition) is 18. The third-order valence-electron chi connectivity index (χ3n) is 20.8. The Morgan fingerprint density at radius 2 is 1.50 bits per heavy atom. The first-order valence-electron chi connectivity index (χ1n) is 36.2. The van der Waals surface area contributed by atoms with Crippen LogP contribution in [-0.4, -0.2) is 186 Å². The van der Waals surface area contributed by atoms with Crippen LogP contribution in [0.4, 0.5) is 24.5 Å². The molecule has 4 fully saturated rings. The highest BCUT2D eigenvalue weighted by molar-refractivity contribution is 7.99. The van der Waals surface area contributed by atoms with Crippen LogP contribution in [-0.2, 0) is 34.2 Å². The van der Waals surface area contributed by atoms with E-state index in [1.165, 1.54) is 51.9 Å². The van der Waals surface area contributed by atoms with Gasteiger partial charge in [0.1, 0.15) is 27.4 Å². The molecule has 4 amide bonds. The zero-order valence-electron chi connectivity index (χ0n) is 59.8. The summed E-state index contributed by atoms with van der Waals surface area (Å²) in [5.41, 5.74) is -0.690. The minimum absolute atomic E-state index is 0.0373. The molecule has 28 heteroatoms. The lowest BCUT2D eigenvalue weighted by atomic mass is 9.73. The molecule has 564 valence electrons. The Bertz CT molecular complexity index is 4300. The number of alkyl halides is 3. The summed E-state index contributed by atoms with van der Waals surface area (Å²) in [6, 6.07) is 30.7. The summed E-state index contributed by atoms with van der Waals surface area (Å²) < 4.78 is 106. The standard InChI is InChI=1S/C77H94ClF3N10O10S4/c1-52(82-4)72(94)85-70(54-14-7-5-8-15-54)75(96)91-35-12-20-67(91)74-84-66(51-103-74)71(93)56-16-11-17-61(46-56)101-45-13-21-69(92)90-43-37-87(38-44-90)36-33-59(50-102-62-18-9-6-10-19-62)83-65-31-30-63(47-68(65)104(97,98)77(79,80)81)105(99,100)86-73(95)55-24-28-60(29-25-55)89-41-39-88(40-42-89)49-57-48-76(2,3)34-32-64(57)53-22-26-58(78)27-23-53/h6,9-11,16-19,22-31,46-47,51-52,54,59,67,70,82-83H,5,7-8,12-15,20-21,32-45,48-50H2,1-4H3,(H,85,94)(H,86,95)/t52-,59+,67-,70+/m0/s1. The van der Waals surface area contributed by atoms with Crippen molar-refractivity contribution in [3.63, 3.8) is 0 Å². The van der Waals surface area contributed by atoms with Gasteiger partial charge in [0.2, 0.25) is 23.5 Å². The number of halogens is 4. The molecule has 1 aromatic heterocycles. The number of hydrogen-bond donors (Lipinski definition) is 4. The number of carbonyl (C=O) groups excluding carboxylic acids is 5. The molecule has 4 atom stereocenters. The van der Waals surface area contributed by atoms with Crippen LogP contribution in [0.2, 0.25) is 5.02 Å². The normalized spacial score (nSPS) is 18.9. The maximum absolute atomic E-state index is 14.6. The summed E-state index contributed by atoms with van der Waals surface area (Å²) in [6.45, 7) is 13.1. The number of ketones is 1. The van der Waals surface area contributed by atoms with Gasteiger partial charge in [-0.2, -0.15) is 13.2 Å². The quantitative estimate of drug-likeness (QED) is 0.0194. The highest BCUT2D eigenvalue weighted by Crippen LogP contribution is 2.44. The summed E-state index contributed by atoms with van der Waals surface area (Å²) in [5, 5.41) is 12.1. The van der Waals surface area contributed by atoms with Crippen LogP contribution in [0.3, 0.4) is 0 Å². The van der Waals surface area contributed by atoms with Crippen LogP contribution < -0.4 is 30.3 Å². The van der Waals surface area contributed by atoms with Crippen LogP contribution in [0.25, 0.3) is 5.57 Å². The van der Waals surface area contributed by atoms with Crippen LogP contribution >= 0.6 is 34.7 Å². The second-order valence-corrected chi connectivity index (χ2v) is 34.7. The Balaban J connectivity index is 0.658. The second-order valence-electron chi connectivity index (χ2n) is 28.7. The molecule has 6 aromatic rings. The Morgan fingerprint density at radius 3 is 2.21 bits per heavy atom. The van der Waals surface area contributed by atoms with E-state index < -0.39 is 64.9 Å². The summed E-state index contributed by atoms with van der Waals surface area (Å²) in [7, 11) is -9.41. The minimum atomic E-state index is -6.18. The highest BCUT2D eigenvalue weighted by atomic mass is 35.5. The van der Waals surface area contributed by atoms with Crippen molar-refractivity contribution in [2.24, 2.45) is 11.3 Å². The lowest BCUT2D eigenvalue weighted by Gasteiger charge is -2.39. The number of allylic oxidation sites excluding steroid dienone is 1. The fourth-order valence-corrected chi connectivity index (χ4v) is 18.7. The number of carbonyl (C=O) groups is 5. The number of piperazine rings is 2. The molecule has 0 spiro atoms. The van der Waals surface area contributed by atoms with Crippen molar-refractivity contribution in [2.45, 2.75) is 149 Å². The summed E-state index contributed by atoms with van der Waals surface area (Å²) in [4.78, 5) is 82.3. The molecule has 3 saturated heterocycles. The molecule has 0 unspecified atom stereocenters. The first kappa shape index (κ1) is 78.7. The fourth-order valence-electron chi connectivity index (χ4n) is 14.6. The van der Waals surface area contributed by atoms with Crippen molar-refractivity contribution in [1.82, 2.24) is 39.9 Å². The zero-order chi connectivity index (χ0) is 74.6. The monoisotopic (exact) mass is 1540 g/mol. The average Bonchev–Trinajstić information content (AvgIpc) is 1.24. The Labute approximate surface area is 627 Å². The maximum atomic E-state index is 14.6. The van der Waals surface area contributed by atoms with Gasteiger partial charge in [-0.1, -0.05) is 92.7 Å². The number of aromatic nitrogens is 1. The average molecular weight is 1540 g/mol. The molecule has 1 saturated carbocycles. The van der Waals surface area contributed by atoms with E-state index in [4.69, 9.17) is 21.3 Å². The van der Waals surface area contributed by atoms with Gasteiger partial charge in [-0.3, -0.25) is 33.8 Å². The molecule has 105 heavy (non-hydrogen) atoms. The molecular weight excluding hydrogens is 1450 g/mol. The zero-order valence-corrected chi connectivity index (χ0v) is 63.8.